The van der Waals surface area contributed by atoms with Crippen molar-refractivity contribution >= 4 is 11.8 Å². The standard InChI is InChI=1S/C26H44N2O3/c1-3-5-7-9-11-16-20-27-26(30)24(22-31-21-23-17-13-12-14-18-23)28-25(29)19-15-10-8-6-4-2/h12-14,17-18,24H,3-11,15-16,19-22H2,1-2H3,(H,27,30)(H,28,29)/t24-/m0/s1. The lowest BCUT2D eigenvalue weighted by Crippen LogP contribution is -2.49. The molecule has 31 heavy (non-hydrogen) atoms. The minimum Gasteiger partial charge on any atom is -0.374 e. The molecule has 1 atom stereocenters. The largest absolute Gasteiger partial charge is 0.374 e. The van der Waals surface area contributed by atoms with Crippen LogP contribution in [0.1, 0.15) is 96.5 Å². The Labute approximate surface area is 189 Å². The molecule has 0 aliphatic rings. The Balaban J connectivity index is 2.40. The van der Waals surface area contributed by atoms with E-state index in [-0.39, 0.29) is 18.4 Å². The van der Waals surface area contributed by atoms with Crippen molar-refractivity contribution in [3.05, 3.63) is 35.9 Å². The molecule has 0 radical (unpaired) electrons. The van der Waals surface area contributed by atoms with Gasteiger partial charge in [-0.15, -0.1) is 0 Å². The van der Waals surface area contributed by atoms with E-state index >= 15 is 0 Å². The maximum Gasteiger partial charge on any atom is 0.244 e. The Bertz CT molecular complexity index is 577. The number of amides is 2. The van der Waals surface area contributed by atoms with Gasteiger partial charge in [0.05, 0.1) is 13.2 Å². The van der Waals surface area contributed by atoms with Gasteiger partial charge in [-0.1, -0.05) is 102 Å². The van der Waals surface area contributed by atoms with Crippen LogP contribution in [0.15, 0.2) is 30.3 Å². The van der Waals surface area contributed by atoms with Gasteiger partial charge in [0.2, 0.25) is 11.8 Å². The molecule has 5 heteroatoms. The number of carbonyl (C=O) groups is 2. The van der Waals surface area contributed by atoms with E-state index in [0.29, 0.717) is 19.6 Å². The monoisotopic (exact) mass is 432 g/mol. The average Bonchev–Trinajstić information content (AvgIpc) is 2.78. The Morgan fingerprint density at radius 1 is 0.839 bits per heavy atom. The molecule has 0 saturated heterocycles. The predicted octanol–water partition coefficient (Wildman–Crippen LogP) is 5.53. The molecular weight excluding hydrogens is 388 g/mol. The lowest BCUT2D eigenvalue weighted by atomic mass is 10.1. The molecule has 0 spiro atoms. The van der Waals surface area contributed by atoms with E-state index in [0.717, 1.165) is 37.7 Å². The van der Waals surface area contributed by atoms with Gasteiger partial charge in [0.25, 0.3) is 0 Å². The van der Waals surface area contributed by atoms with Crippen LogP contribution in [0.4, 0.5) is 0 Å². The summed E-state index contributed by atoms with van der Waals surface area (Å²) in [7, 11) is 0. The van der Waals surface area contributed by atoms with Gasteiger partial charge in [-0.3, -0.25) is 9.59 Å². The summed E-state index contributed by atoms with van der Waals surface area (Å²) in [4.78, 5) is 25.0. The van der Waals surface area contributed by atoms with Crippen LogP contribution in [0.5, 0.6) is 0 Å². The maximum atomic E-state index is 12.7. The zero-order chi connectivity index (χ0) is 22.6. The normalized spacial score (nSPS) is 11.8. The number of nitrogens with one attached hydrogen (secondary N) is 2. The van der Waals surface area contributed by atoms with Crippen molar-refractivity contribution in [3.8, 4) is 0 Å². The number of benzene rings is 1. The molecule has 0 fully saturated rings. The van der Waals surface area contributed by atoms with Gasteiger partial charge in [0.15, 0.2) is 0 Å². The van der Waals surface area contributed by atoms with Crippen molar-refractivity contribution in [2.24, 2.45) is 0 Å². The van der Waals surface area contributed by atoms with Crippen LogP contribution in [0.25, 0.3) is 0 Å². The highest BCUT2D eigenvalue weighted by molar-refractivity contribution is 5.87. The summed E-state index contributed by atoms with van der Waals surface area (Å²) < 4.78 is 5.76. The molecule has 0 aromatic heterocycles. The van der Waals surface area contributed by atoms with Crippen LogP contribution in [-0.4, -0.2) is 31.0 Å². The predicted molar refractivity (Wildman–Crippen MR) is 128 cm³/mol. The molecule has 0 aliphatic heterocycles. The molecule has 176 valence electrons. The summed E-state index contributed by atoms with van der Waals surface area (Å²) in [6, 6.07) is 9.22. The fourth-order valence-corrected chi connectivity index (χ4v) is 3.45. The molecule has 0 heterocycles. The Morgan fingerprint density at radius 2 is 1.45 bits per heavy atom. The van der Waals surface area contributed by atoms with Crippen LogP contribution in [0, 0.1) is 0 Å². The SMILES string of the molecule is CCCCCCCCNC(=O)[C@H](COCc1ccccc1)NC(=O)CCCCCCC. The third-order valence-corrected chi connectivity index (χ3v) is 5.38. The van der Waals surface area contributed by atoms with Crippen molar-refractivity contribution in [1.82, 2.24) is 10.6 Å². The average molecular weight is 433 g/mol. The van der Waals surface area contributed by atoms with Crippen LogP contribution >= 0.6 is 0 Å². The number of hydrogen-bond acceptors (Lipinski definition) is 3. The molecule has 5 nitrogen and oxygen atoms in total. The van der Waals surface area contributed by atoms with Gasteiger partial charge >= 0.3 is 0 Å². The second-order valence-electron chi connectivity index (χ2n) is 8.34. The van der Waals surface area contributed by atoms with Gasteiger partial charge in [-0.05, 0) is 18.4 Å². The van der Waals surface area contributed by atoms with Crippen molar-refractivity contribution in [3.63, 3.8) is 0 Å². The quantitative estimate of drug-likeness (QED) is 0.283. The summed E-state index contributed by atoms with van der Waals surface area (Å²) in [6.45, 7) is 5.64. The van der Waals surface area contributed by atoms with Gasteiger partial charge in [0, 0.05) is 13.0 Å². The number of unbranched alkanes of at least 4 members (excludes halogenated alkanes) is 9. The zero-order valence-corrected chi connectivity index (χ0v) is 19.8. The molecule has 1 aromatic rings. The highest BCUT2D eigenvalue weighted by atomic mass is 16.5. The highest BCUT2D eigenvalue weighted by Gasteiger charge is 2.20. The number of carbonyl (C=O) groups excluding carboxylic acids is 2. The fraction of sp³-hybridized carbons (Fsp3) is 0.692. The van der Waals surface area contributed by atoms with E-state index in [4.69, 9.17) is 4.74 Å². The summed E-state index contributed by atoms with van der Waals surface area (Å²) in [5.74, 6) is -0.222. The topological polar surface area (TPSA) is 67.4 Å². The smallest absolute Gasteiger partial charge is 0.244 e. The Morgan fingerprint density at radius 3 is 2.13 bits per heavy atom. The first-order valence-electron chi connectivity index (χ1n) is 12.4. The third kappa shape index (κ3) is 14.7. The number of hydrogen-bond donors (Lipinski definition) is 2. The molecule has 2 N–H and O–H groups in total. The fourth-order valence-electron chi connectivity index (χ4n) is 3.45. The Hall–Kier alpha value is -1.88. The molecule has 1 aromatic carbocycles. The molecule has 0 bridgehead atoms. The van der Waals surface area contributed by atoms with Crippen LogP contribution in [0.3, 0.4) is 0 Å². The molecule has 2 amide bonds. The van der Waals surface area contributed by atoms with Crippen molar-refractivity contribution in [2.75, 3.05) is 13.2 Å². The van der Waals surface area contributed by atoms with E-state index < -0.39 is 6.04 Å². The summed E-state index contributed by atoms with van der Waals surface area (Å²) in [5, 5.41) is 5.86. The van der Waals surface area contributed by atoms with E-state index in [2.05, 4.69) is 24.5 Å². The molecule has 0 saturated carbocycles. The van der Waals surface area contributed by atoms with Gasteiger partial charge in [-0.25, -0.2) is 0 Å². The van der Waals surface area contributed by atoms with Gasteiger partial charge in [0.1, 0.15) is 6.04 Å². The van der Waals surface area contributed by atoms with Gasteiger partial charge in [-0.2, -0.15) is 0 Å². The number of rotatable bonds is 19. The first kappa shape index (κ1) is 27.2. The summed E-state index contributed by atoms with van der Waals surface area (Å²) in [5.41, 5.74) is 1.05. The molecule has 0 aliphatic carbocycles. The lowest BCUT2D eigenvalue weighted by molar-refractivity contribution is -0.130. The van der Waals surface area contributed by atoms with Crippen LogP contribution < -0.4 is 10.6 Å². The first-order chi connectivity index (χ1) is 15.2. The summed E-state index contributed by atoms with van der Waals surface area (Å²) in [6.07, 6.45) is 13.0. The second kappa shape index (κ2) is 18.9. The molecule has 0 unspecified atom stereocenters. The highest BCUT2D eigenvalue weighted by Crippen LogP contribution is 2.06. The van der Waals surface area contributed by atoms with Crippen molar-refractivity contribution in [2.45, 2.75) is 104 Å². The number of ether oxygens (including phenoxy) is 1. The van der Waals surface area contributed by atoms with Crippen molar-refractivity contribution < 1.29 is 14.3 Å². The molecule has 1 rings (SSSR count). The van der Waals surface area contributed by atoms with E-state index in [1.807, 2.05) is 30.3 Å². The van der Waals surface area contributed by atoms with Gasteiger partial charge < -0.3 is 15.4 Å². The second-order valence-corrected chi connectivity index (χ2v) is 8.34. The van der Waals surface area contributed by atoms with Crippen molar-refractivity contribution in [1.29, 1.82) is 0 Å². The third-order valence-electron chi connectivity index (χ3n) is 5.38. The lowest BCUT2D eigenvalue weighted by Gasteiger charge is -2.19. The minimum absolute atomic E-state index is 0.0699. The first-order valence-corrected chi connectivity index (χ1v) is 12.4. The minimum atomic E-state index is -0.646. The summed E-state index contributed by atoms with van der Waals surface area (Å²) >= 11 is 0. The van der Waals surface area contributed by atoms with E-state index in [9.17, 15) is 9.59 Å². The zero-order valence-electron chi connectivity index (χ0n) is 19.8. The molecular formula is C26H44N2O3. The van der Waals surface area contributed by atoms with Crippen LogP contribution in [0.2, 0.25) is 0 Å². The van der Waals surface area contributed by atoms with Crippen LogP contribution in [-0.2, 0) is 20.9 Å². The Kier molecular flexibility index (Phi) is 16.5. The van der Waals surface area contributed by atoms with E-state index in [1.54, 1.807) is 0 Å². The maximum absolute atomic E-state index is 12.7. The van der Waals surface area contributed by atoms with E-state index in [1.165, 1.54) is 38.5 Å².